The maximum Gasteiger partial charge on any atom is 0.255 e. The molecule has 0 aliphatic carbocycles. The number of nitrogen functional groups attached to an aromatic ring is 1. The highest BCUT2D eigenvalue weighted by Gasteiger charge is 2.10. The normalized spacial score (nSPS) is 10.3. The fourth-order valence-electron chi connectivity index (χ4n) is 2.29. The molecule has 22 heavy (non-hydrogen) atoms. The average Bonchev–Trinajstić information content (AvgIpc) is 2.51. The Morgan fingerprint density at radius 3 is 2.32 bits per heavy atom. The van der Waals surface area contributed by atoms with Crippen LogP contribution in [-0.2, 0) is 0 Å². The Bertz CT molecular complexity index is 651. The molecule has 0 fully saturated rings. The number of carbonyl (C=O) groups excluding carboxylic acids is 1. The van der Waals surface area contributed by atoms with Crippen LogP contribution in [0.15, 0.2) is 42.5 Å². The summed E-state index contributed by atoms with van der Waals surface area (Å²) in [7, 11) is 0. The Morgan fingerprint density at radius 1 is 1.14 bits per heavy atom. The first-order valence-corrected chi connectivity index (χ1v) is 7.64. The zero-order chi connectivity index (χ0) is 16.1. The van der Waals surface area contributed by atoms with Crippen LogP contribution >= 0.6 is 11.6 Å². The molecule has 2 aromatic carbocycles. The predicted molar refractivity (Wildman–Crippen MR) is 93.8 cm³/mol. The lowest BCUT2D eigenvalue weighted by atomic mass is 10.2. The molecule has 5 heteroatoms. The van der Waals surface area contributed by atoms with Crippen LogP contribution in [0.4, 0.5) is 17.1 Å². The van der Waals surface area contributed by atoms with Crippen molar-refractivity contribution in [1.29, 1.82) is 0 Å². The number of carbonyl (C=O) groups is 1. The largest absolute Gasteiger partial charge is 0.397 e. The van der Waals surface area contributed by atoms with Crippen molar-refractivity contribution in [2.45, 2.75) is 13.8 Å². The third-order valence-corrected chi connectivity index (χ3v) is 3.75. The summed E-state index contributed by atoms with van der Waals surface area (Å²) in [5.74, 6) is -0.188. The SMILES string of the molecule is CCN(CC)c1ccc(NC(=O)c2ccc(Cl)cc2)cc1N. The summed E-state index contributed by atoms with van der Waals surface area (Å²) < 4.78 is 0. The number of amides is 1. The van der Waals surface area contributed by atoms with E-state index in [0.717, 1.165) is 18.8 Å². The highest BCUT2D eigenvalue weighted by Crippen LogP contribution is 2.26. The zero-order valence-electron chi connectivity index (χ0n) is 12.8. The standard InChI is InChI=1S/C17H20ClN3O/c1-3-21(4-2)16-10-9-14(11-15(16)19)20-17(22)12-5-7-13(18)8-6-12/h5-11H,3-4,19H2,1-2H3,(H,20,22). The molecule has 0 aliphatic heterocycles. The molecule has 0 aliphatic rings. The van der Waals surface area contributed by atoms with Crippen LogP contribution in [0.25, 0.3) is 0 Å². The van der Waals surface area contributed by atoms with Crippen LogP contribution in [0.5, 0.6) is 0 Å². The van der Waals surface area contributed by atoms with Crippen LogP contribution < -0.4 is 16.0 Å². The number of nitrogens with two attached hydrogens (primary N) is 1. The average molecular weight is 318 g/mol. The maximum atomic E-state index is 12.2. The number of nitrogens with one attached hydrogen (secondary N) is 1. The number of nitrogens with zero attached hydrogens (tertiary/aromatic N) is 1. The molecule has 0 aromatic heterocycles. The lowest BCUT2D eigenvalue weighted by molar-refractivity contribution is 0.102. The van der Waals surface area contributed by atoms with Gasteiger partial charge in [0.05, 0.1) is 11.4 Å². The predicted octanol–water partition coefficient (Wildman–Crippen LogP) is 4.02. The summed E-state index contributed by atoms with van der Waals surface area (Å²) in [6.45, 7) is 5.94. The van der Waals surface area contributed by atoms with Crippen molar-refractivity contribution in [3.8, 4) is 0 Å². The van der Waals surface area contributed by atoms with Crippen molar-refractivity contribution in [1.82, 2.24) is 0 Å². The molecule has 1 amide bonds. The van der Waals surface area contributed by atoms with Gasteiger partial charge in [-0.05, 0) is 56.3 Å². The van der Waals surface area contributed by atoms with E-state index in [1.807, 2.05) is 12.1 Å². The summed E-state index contributed by atoms with van der Waals surface area (Å²) in [5.41, 5.74) is 8.95. The quantitative estimate of drug-likeness (QED) is 0.819. The van der Waals surface area contributed by atoms with E-state index < -0.39 is 0 Å². The van der Waals surface area contributed by atoms with Gasteiger partial charge < -0.3 is 16.0 Å². The van der Waals surface area contributed by atoms with Gasteiger partial charge in [0.15, 0.2) is 0 Å². The van der Waals surface area contributed by atoms with E-state index in [2.05, 4.69) is 24.1 Å². The van der Waals surface area contributed by atoms with Crippen LogP contribution in [-0.4, -0.2) is 19.0 Å². The van der Waals surface area contributed by atoms with Crippen molar-refractivity contribution in [2.75, 3.05) is 29.0 Å². The van der Waals surface area contributed by atoms with Crippen molar-refractivity contribution >= 4 is 34.6 Å². The second-order valence-corrected chi connectivity index (χ2v) is 5.34. The Hall–Kier alpha value is -2.20. The molecule has 0 atom stereocenters. The van der Waals surface area contributed by atoms with Crippen molar-refractivity contribution in [2.24, 2.45) is 0 Å². The minimum atomic E-state index is -0.188. The van der Waals surface area contributed by atoms with Gasteiger partial charge in [-0.1, -0.05) is 11.6 Å². The van der Waals surface area contributed by atoms with Gasteiger partial charge in [-0.3, -0.25) is 4.79 Å². The molecule has 3 N–H and O–H groups in total. The van der Waals surface area contributed by atoms with Crippen molar-refractivity contribution in [3.05, 3.63) is 53.1 Å². The van der Waals surface area contributed by atoms with Gasteiger partial charge >= 0.3 is 0 Å². The molecule has 0 saturated heterocycles. The van der Waals surface area contributed by atoms with E-state index in [0.29, 0.717) is 22.0 Å². The minimum absolute atomic E-state index is 0.188. The number of anilines is 3. The fourth-order valence-corrected chi connectivity index (χ4v) is 2.42. The Balaban J connectivity index is 2.15. The highest BCUT2D eigenvalue weighted by atomic mass is 35.5. The number of rotatable bonds is 5. The third kappa shape index (κ3) is 3.71. The van der Waals surface area contributed by atoms with Crippen molar-refractivity contribution < 1.29 is 4.79 Å². The molecule has 4 nitrogen and oxygen atoms in total. The van der Waals surface area contributed by atoms with Crippen molar-refractivity contribution in [3.63, 3.8) is 0 Å². The second-order valence-electron chi connectivity index (χ2n) is 4.91. The summed E-state index contributed by atoms with van der Waals surface area (Å²) in [6.07, 6.45) is 0. The molecule has 0 spiro atoms. The first-order chi connectivity index (χ1) is 10.5. The van der Waals surface area contributed by atoms with Crippen LogP contribution in [0, 0.1) is 0 Å². The minimum Gasteiger partial charge on any atom is -0.397 e. The molecular weight excluding hydrogens is 298 g/mol. The Labute approximate surface area is 135 Å². The number of benzene rings is 2. The molecule has 116 valence electrons. The molecular formula is C17H20ClN3O. The fraction of sp³-hybridized carbons (Fsp3) is 0.235. The van der Waals surface area contributed by atoms with E-state index in [1.165, 1.54) is 0 Å². The molecule has 0 bridgehead atoms. The van der Waals surface area contributed by atoms with Gasteiger partial charge in [-0.2, -0.15) is 0 Å². The van der Waals surface area contributed by atoms with Gasteiger partial charge in [-0.15, -0.1) is 0 Å². The molecule has 2 rings (SSSR count). The molecule has 0 saturated carbocycles. The summed E-state index contributed by atoms with van der Waals surface area (Å²) in [6, 6.07) is 12.3. The van der Waals surface area contributed by atoms with Gasteiger partial charge in [0, 0.05) is 29.4 Å². The summed E-state index contributed by atoms with van der Waals surface area (Å²) >= 11 is 5.82. The van der Waals surface area contributed by atoms with Crippen LogP contribution in [0.1, 0.15) is 24.2 Å². The Morgan fingerprint density at radius 2 is 1.77 bits per heavy atom. The smallest absolute Gasteiger partial charge is 0.255 e. The van der Waals surface area contributed by atoms with Gasteiger partial charge in [0.2, 0.25) is 0 Å². The van der Waals surface area contributed by atoms with E-state index in [1.54, 1.807) is 30.3 Å². The van der Waals surface area contributed by atoms with Gasteiger partial charge in [0.25, 0.3) is 5.91 Å². The number of hydrogen-bond acceptors (Lipinski definition) is 3. The maximum absolute atomic E-state index is 12.2. The third-order valence-electron chi connectivity index (χ3n) is 3.50. The topological polar surface area (TPSA) is 58.4 Å². The van der Waals surface area contributed by atoms with E-state index >= 15 is 0 Å². The lowest BCUT2D eigenvalue weighted by Gasteiger charge is -2.23. The highest BCUT2D eigenvalue weighted by molar-refractivity contribution is 6.30. The van der Waals surface area contributed by atoms with E-state index in [4.69, 9.17) is 17.3 Å². The van der Waals surface area contributed by atoms with E-state index in [-0.39, 0.29) is 5.91 Å². The molecule has 2 aromatic rings. The monoisotopic (exact) mass is 317 g/mol. The molecule has 0 heterocycles. The number of hydrogen-bond donors (Lipinski definition) is 2. The summed E-state index contributed by atoms with van der Waals surface area (Å²) in [4.78, 5) is 14.3. The first kappa shape index (κ1) is 16.2. The van der Waals surface area contributed by atoms with Gasteiger partial charge in [-0.25, -0.2) is 0 Å². The molecule has 0 unspecified atom stereocenters. The Kier molecular flexibility index (Phi) is 5.28. The molecule has 0 radical (unpaired) electrons. The number of halogens is 1. The first-order valence-electron chi connectivity index (χ1n) is 7.26. The van der Waals surface area contributed by atoms with E-state index in [9.17, 15) is 4.79 Å². The summed E-state index contributed by atoms with van der Waals surface area (Å²) in [5, 5.41) is 3.44. The van der Waals surface area contributed by atoms with Gasteiger partial charge in [0.1, 0.15) is 0 Å². The van der Waals surface area contributed by atoms with Crippen LogP contribution in [0.3, 0.4) is 0 Å². The lowest BCUT2D eigenvalue weighted by Crippen LogP contribution is -2.23. The zero-order valence-corrected chi connectivity index (χ0v) is 13.5. The van der Waals surface area contributed by atoms with Crippen LogP contribution in [0.2, 0.25) is 5.02 Å². The second kappa shape index (κ2) is 7.18.